The third kappa shape index (κ3) is 1.52. The average Bonchev–Trinajstić information content (AvgIpc) is 2.54. The van der Waals surface area contributed by atoms with Crippen LogP contribution in [0.4, 0.5) is 5.82 Å². The minimum Gasteiger partial charge on any atom is -0.383 e. The molecule has 0 unspecified atom stereocenters. The first-order valence-electron chi connectivity index (χ1n) is 5.05. The van der Waals surface area contributed by atoms with Crippen LogP contribution in [-0.2, 0) is 0 Å². The van der Waals surface area contributed by atoms with Crippen molar-refractivity contribution in [3.8, 4) is 0 Å². The first-order chi connectivity index (χ1) is 6.68. The van der Waals surface area contributed by atoms with Gasteiger partial charge in [0.15, 0.2) is 0 Å². The van der Waals surface area contributed by atoms with Crippen LogP contribution in [-0.4, -0.2) is 9.97 Å². The van der Waals surface area contributed by atoms with Crippen molar-refractivity contribution in [1.82, 2.24) is 9.97 Å². The van der Waals surface area contributed by atoms with Crippen LogP contribution in [0.3, 0.4) is 0 Å². The molecule has 0 bridgehead atoms. The molecule has 14 heavy (non-hydrogen) atoms. The predicted octanol–water partition coefficient (Wildman–Crippen LogP) is 1.32. The molecule has 0 saturated heterocycles. The number of nitrogens with one attached hydrogen (secondary N) is 1. The molecule has 0 aromatic carbocycles. The average molecular weight is 193 g/mol. The predicted molar refractivity (Wildman–Crippen MR) is 55.2 cm³/mol. The third-order valence-corrected chi connectivity index (χ3v) is 2.96. The van der Waals surface area contributed by atoms with Gasteiger partial charge in [0.25, 0.3) is 0 Å². The second kappa shape index (κ2) is 3.44. The van der Waals surface area contributed by atoms with E-state index in [4.69, 9.17) is 5.73 Å². The summed E-state index contributed by atoms with van der Waals surface area (Å²) in [4.78, 5) is 17.5. The summed E-state index contributed by atoms with van der Waals surface area (Å²) in [6.45, 7) is 1.90. The molecule has 1 saturated carbocycles. The Kier molecular flexibility index (Phi) is 2.27. The second-order valence-electron chi connectivity index (χ2n) is 3.95. The number of anilines is 1. The summed E-state index contributed by atoms with van der Waals surface area (Å²) >= 11 is 0. The molecular formula is C10H15N3O. The molecule has 3 N–H and O–H groups in total. The number of nitrogens with two attached hydrogens (primary N) is 1. The molecule has 4 heteroatoms. The van der Waals surface area contributed by atoms with E-state index < -0.39 is 0 Å². The molecular weight excluding hydrogens is 178 g/mol. The Morgan fingerprint density at radius 1 is 1.43 bits per heavy atom. The lowest BCUT2D eigenvalue weighted by atomic mass is 9.97. The van der Waals surface area contributed by atoms with Crippen molar-refractivity contribution in [3.05, 3.63) is 21.7 Å². The fourth-order valence-corrected chi connectivity index (χ4v) is 2.35. The summed E-state index contributed by atoms with van der Waals surface area (Å²) in [6.07, 6.45) is 4.84. The molecule has 1 aromatic heterocycles. The summed E-state index contributed by atoms with van der Waals surface area (Å²) in [6, 6.07) is 0. The van der Waals surface area contributed by atoms with Crippen LogP contribution in [0.1, 0.15) is 42.9 Å². The van der Waals surface area contributed by atoms with Gasteiger partial charge in [-0.3, -0.25) is 0 Å². The summed E-state index contributed by atoms with van der Waals surface area (Å²) in [5.41, 5.74) is 7.37. The van der Waals surface area contributed by atoms with Crippen molar-refractivity contribution < 1.29 is 0 Å². The van der Waals surface area contributed by atoms with Gasteiger partial charge in [-0.25, -0.2) is 4.79 Å². The quantitative estimate of drug-likeness (QED) is 0.706. The van der Waals surface area contributed by atoms with E-state index in [1.54, 1.807) is 0 Å². The van der Waals surface area contributed by atoms with E-state index in [1.165, 1.54) is 25.7 Å². The van der Waals surface area contributed by atoms with Crippen molar-refractivity contribution in [3.63, 3.8) is 0 Å². The van der Waals surface area contributed by atoms with Crippen molar-refractivity contribution in [1.29, 1.82) is 0 Å². The van der Waals surface area contributed by atoms with Gasteiger partial charge in [0, 0.05) is 11.3 Å². The summed E-state index contributed by atoms with van der Waals surface area (Å²) in [5, 5.41) is 0. The van der Waals surface area contributed by atoms with Gasteiger partial charge in [0.2, 0.25) is 0 Å². The monoisotopic (exact) mass is 193 g/mol. The molecule has 1 aliphatic rings. The van der Waals surface area contributed by atoms with E-state index in [2.05, 4.69) is 9.97 Å². The first kappa shape index (κ1) is 9.24. The first-order valence-corrected chi connectivity index (χ1v) is 5.05. The number of rotatable bonds is 1. The highest BCUT2D eigenvalue weighted by Crippen LogP contribution is 2.36. The maximum absolute atomic E-state index is 11.0. The number of hydrogen-bond acceptors (Lipinski definition) is 3. The molecule has 0 radical (unpaired) electrons. The Morgan fingerprint density at radius 3 is 2.64 bits per heavy atom. The molecule has 0 spiro atoms. The topological polar surface area (TPSA) is 71.8 Å². The van der Waals surface area contributed by atoms with Crippen LogP contribution in [0.15, 0.2) is 4.79 Å². The van der Waals surface area contributed by atoms with Crippen LogP contribution in [0, 0.1) is 6.92 Å². The fraction of sp³-hybridized carbons (Fsp3) is 0.600. The van der Waals surface area contributed by atoms with E-state index in [9.17, 15) is 4.79 Å². The molecule has 1 fully saturated rings. The van der Waals surface area contributed by atoms with Crippen LogP contribution in [0.5, 0.6) is 0 Å². The summed E-state index contributed by atoms with van der Waals surface area (Å²) < 4.78 is 0. The van der Waals surface area contributed by atoms with Gasteiger partial charge < -0.3 is 10.7 Å². The van der Waals surface area contributed by atoms with Crippen LogP contribution >= 0.6 is 0 Å². The zero-order chi connectivity index (χ0) is 10.1. The van der Waals surface area contributed by atoms with Gasteiger partial charge >= 0.3 is 5.69 Å². The minimum atomic E-state index is -0.346. The van der Waals surface area contributed by atoms with E-state index in [0.717, 1.165) is 11.3 Å². The minimum absolute atomic E-state index is 0.346. The molecule has 2 rings (SSSR count). The highest BCUT2D eigenvalue weighted by molar-refractivity contribution is 5.43. The van der Waals surface area contributed by atoms with Gasteiger partial charge in [0.05, 0.1) is 0 Å². The maximum Gasteiger partial charge on any atom is 0.347 e. The standard InChI is InChI=1S/C10H15N3O/c1-6-8(7-4-2-3-5-7)9(11)13-10(14)12-6/h7H,2-5H2,1H3,(H3,11,12,13,14). The SMILES string of the molecule is Cc1[nH]c(=O)nc(N)c1C1CCCC1. The number of hydrogen-bond donors (Lipinski definition) is 2. The van der Waals surface area contributed by atoms with Gasteiger partial charge in [-0.2, -0.15) is 4.98 Å². The smallest absolute Gasteiger partial charge is 0.347 e. The van der Waals surface area contributed by atoms with E-state index in [0.29, 0.717) is 11.7 Å². The van der Waals surface area contributed by atoms with Crippen molar-refractivity contribution in [2.75, 3.05) is 5.73 Å². The molecule has 0 aliphatic heterocycles. The zero-order valence-corrected chi connectivity index (χ0v) is 8.34. The summed E-state index contributed by atoms with van der Waals surface area (Å²) in [5.74, 6) is 0.914. The number of nitrogen functional groups attached to an aromatic ring is 1. The lowest BCUT2D eigenvalue weighted by Gasteiger charge is -2.13. The number of H-pyrrole nitrogens is 1. The summed E-state index contributed by atoms with van der Waals surface area (Å²) in [7, 11) is 0. The highest BCUT2D eigenvalue weighted by Gasteiger charge is 2.22. The highest BCUT2D eigenvalue weighted by atomic mass is 16.1. The molecule has 1 heterocycles. The van der Waals surface area contributed by atoms with Crippen molar-refractivity contribution in [2.24, 2.45) is 0 Å². The Balaban J connectivity index is 2.46. The maximum atomic E-state index is 11.0. The number of aryl methyl sites for hydroxylation is 1. The molecule has 76 valence electrons. The normalized spacial score (nSPS) is 17.5. The van der Waals surface area contributed by atoms with Gasteiger partial charge in [-0.1, -0.05) is 12.8 Å². The lowest BCUT2D eigenvalue weighted by Crippen LogP contribution is -2.18. The van der Waals surface area contributed by atoms with Crippen LogP contribution in [0.25, 0.3) is 0 Å². The van der Waals surface area contributed by atoms with Gasteiger partial charge in [-0.05, 0) is 25.7 Å². The molecule has 0 amide bonds. The Hall–Kier alpha value is -1.32. The van der Waals surface area contributed by atoms with Gasteiger partial charge in [-0.15, -0.1) is 0 Å². The van der Waals surface area contributed by atoms with Crippen LogP contribution < -0.4 is 11.4 Å². The third-order valence-electron chi connectivity index (χ3n) is 2.96. The number of nitrogens with zero attached hydrogens (tertiary/aromatic N) is 1. The van der Waals surface area contributed by atoms with E-state index in [1.807, 2.05) is 6.92 Å². The Labute approximate surface area is 82.6 Å². The Morgan fingerprint density at radius 2 is 2.07 bits per heavy atom. The van der Waals surface area contributed by atoms with Gasteiger partial charge in [0.1, 0.15) is 5.82 Å². The van der Waals surface area contributed by atoms with Crippen molar-refractivity contribution >= 4 is 5.82 Å². The number of aromatic amines is 1. The molecule has 4 nitrogen and oxygen atoms in total. The zero-order valence-electron chi connectivity index (χ0n) is 8.34. The molecule has 0 atom stereocenters. The van der Waals surface area contributed by atoms with Crippen LogP contribution in [0.2, 0.25) is 0 Å². The largest absolute Gasteiger partial charge is 0.383 e. The van der Waals surface area contributed by atoms with E-state index >= 15 is 0 Å². The van der Waals surface area contributed by atoms with Crippen molar-refractivity contribution in [2.45, 2.75) is 38.5 Å². The van der Waals surface area contributed by atoms with E-state index in [-0.39, 0.29) is 5.69 Å². The fourth-order valence-electron chi connectivity index (χ4n) is 2.35. The second-order valence-corrected chi connectivity index (χ2v) is 3.95. The number of aromatic nitrogens is 2. The molecule has 1 aromatic rings. The molecule has 1 aliphatic carbocycles. The lowest BCUT2D eigenvalue weighted by molar-refractivity contribution is 0.707. The Bertz CT molecular complexity index is 365.